The molecule has 1 fully saturated rings. The summed E-state index contributed by atoms with van der Waals surface area (Å²) in [5.41, 5.74) is 6.56. The molecule has 1 aliphatic rings. The van der Waals surface area contributed by atoms with E-state index in [4.69, 9.17) is 19.7 Å². The van der Waals surface area contributed by atoms with Gasteiger partial charge in [0.25, 0.3) is 0 Å². The Bertz CT molecular complexity index is 727. The number of hydrogen-bond acceptors (Lipinski definition) is 7. The molecule has 0 radical (unpaired) electrons. The Balaban J connectivity index is 1.59. The van der Waals surface area contributed by atoms with Crippen LogP contribution in [0.2, 0.25) is 0 Å². The number of amidine groups is 1. The predicted octanol–water partition coefficient (Wildman–Crippen LogP) is 2.02. The maximum atomic E-state index is 12.2. The van der Waals surface area contributed by atoms with Crippen molar-refractivity contribution >= 4 is 11.8 Å². The van der Waals surface area contributed by atoms with Crippen LogP contribution in [-0.2, 0) is 9.57 Å². The molecule has 3 rings (SSSR count). The normalized spacial score (nSPS) is 16.7. The number of hydrogen-bond donors (Lipinski definition) is 1. The fraction of sp³-hybridized carbons (Fsp3) is 0.421. The van der Waals surface area contributed by atoms with Crippen LogP contribution in [0.4, 0.5) is 0 Å². The summed E-state index contributed by atoms with van der Waals surface area (Å²) in [7, 11) is 0. The smallest absolute Gasteiger partial charge is 0.374 e. The van der Waals surface area contributed by atoms with Crippen LogP contribution in [0.15, 0.2) is 52.5 Å². The molecule has 1 saturated heterocycles. The standard InChI is InChI=1S/C19H24N4O4/c20-18(15-6-4-8-21-12-15)22-26-14-16(13-23-9-2-1-3-10-23)27-19(24)17-7-5-11-25-17/h4-8,11-12,16H,1-3,9-10,13-14H2,(H2,20,22). The number of furan rings is 1. The lowest BCUT2D eigenvalue weighted by Gasteiger charge is -2.29. The van der Waals surface area contributed by atoms with E-state index in [0.717, 1.165) is 25.9 Å². The topological polar surface area (TPSA) is 103 Å². The molecule has 0 saturated carbocycles. The highest BCUT2D eigenvalue weighted by molar-refractivity contribution is 5.96. The van der Waals surface area contributed by atoms with Gasteiger partial charge in [-0.2, -0.15) is 0 Å². The minimum absolute atomic E-state index is 0.101. The van der Waals surface area contributed by atoms with Gasteiger partial charge in [0.2, 0.25) is 5.76 Å². The van der Waals surface area contributed by atoms with Gasteiger partial charge in [-0.3, -0.25) is 9.88 Å². The number of piperidine rings is 1. The number of ether oxygens (including phenoxy) is 1. The Morgan fingerprint density at radius 3 is 2.85 bits per heavy atom. The molecular formula is C19H24N4O4. The molecule has 2 aromatic heterocycles. The monoisotopic (exact) mass is 372 g/mol. The van der Waals surface area contributed by atoms with Crippen molar-refractivity contribution in [3.8, 4) is 0 Å². The summed E-state index contributed by atoms with van der Waals surface area (Å²) in [6, 6.07) is 6.77. The highest BCUT2D eigenvalue weighted by Crippen LogP contribution is 2.12. The minimum atomic E-state index is -0.519. The van der Waals surface area contributed by atoms with E-state index in [1.165, 1.54) is 12.7 Å². The van der Waals surface area contributed by atoms with Gasteiger partial charge in [-0.15, -0.1) is 0 Å². The first-order chi connectivity index (χ1) is 13.2. The van der Waals surface area contributed by atoms with Crippen LogP contribution in [0, 0.1) is 0 Å². The van der Waals surface area contributed by atoms with Crippen molar-refractivity contribution in [1.29, 1.82) is 0 Å². The number of esters is 1. The maximum absolute atomic E-state index is 12.2. The van der Waals surface area contributed by atoms with Crippen molar-refractivity contribution < 1.29 is 18.8 Å². The second-order valence-electron chi connectivity index (χ2n) is 6.38. The van der Waals surface area contributed by atoms with Gasteiger partial charge in [0, 0.05) is 24.5 Å². The summed E-state index contributed by atoms with van der Waals surface area (Å²) < 4.78 is 10.7. The third kappa shape index (κ3) is 5.82. The van der Waals surface area contributed by atoms with Gasteiger partial charge in [0.1, 0.15) is 0 Å². The van der Waals surface area contributed by atoms with E-state index in [9.17, 15) is 4.79 Å². The van der Waals surface area contributed by atoms with Crippen molar-refractivity contribution in [2.24, 2.45) is 10.9 Å². The number of carbonyl (C=O) groups excluding carboxylic acids is 1. The van der Waals surface area contributed by atoms with Gasteiger partial charge >= 0.3 is 5.97 Å². The number of pyridine rings is 1. The summed E-state index contributed by atoms with van der Waals surface area (Å²) in [4.78, 5) is 23.8. The Labute approximate surface area is 157 Å². The van der Waals surface area contributed by atoms with E-state index >= 15 is 0 Å². The second kappa shape index (κ2) is 9.72. The summed E-state index contributed by atoms with van der Waals surface area (Å²) in [6.07, 6.45) is 7.73. The van der Waals surface area contributed by atoms with Gasteiger partial charge in [0.05, 0.1) is 6.26 Å². The average Bonchev–Trinajstić information content (AvgIpc) is 3.24. The van der Waals surface area contributed by atoms with Crippen LogP contribution in [0.3, 0.4) is 0 Å². The number of carbonyl (C=O) groups is 1. The lowest BCUT2D eigenvalue weighted by molar-refractivity contribution is -0.0192. The number of rotatable bonds is 8. The zero-order chi connectivity index (χ0) is 18.9. The van der Waals surface area contributed by atoms with Crippen LogP contribution < -0.4 is 5.73 Å². The van der Waals surface area contributed by atoms with Crippen LogP contribution in [0.5, 0.6) is 0 Å². The van der Waals surface area contributed by atoms with E-state index in [1.54, 1.807) is 36.7 Å². The fourth-order valence-electron chi connectivity index (χ4n) is 2.92. The Hall–Kier alpha value is -2.87. The van der Waals surface area contributed by atoms with Gasteiger partial charge < -0.3 is 19.7 Å². The zero-order valence-corrected chi connectivity index (χ0v) is 15.1. The quantitative estimate of drug-likeness (QED) is 0.327. The molecule has 1 aliphatic heterocycles. The summed E-state index contributed by atoms with van der Waals surface area (Å²) >= 11 is 0. The summed E-state index contributed by atoms with van der Waals surface area (Å²) in [5.74, 6) is -0.135. The molecular weight excluding hydrogens is 348 g/mol. The van der Waals surface area contributed by atoms with E-state index in [-0.39, 0.29) is 18.2 Å². The number of likely N-dealkylation sites (tertiary alicyclic amines) is 1. The molecule has 0 amide bonds. The average molecular weight is 372 g/mol. The largest absolute Gasteiger partial charge is 0.457 e. The third-order valence-corrected chi connectivity index (χ3v) is 4.29. The molecule has 0 aliphatic carbocycles. The van der Waals surface area contributed by atoms with E-state index in [0.29, 0.717) is 12.1 Å². The van der Waals surface area contributed by atoms with Crippen LogP contribution in [-0.4, -0.2) is 54.0 Å². The van der Waals surface area contributed by atoms with Gasteiger partial charge in [0.15, 0.2) is 18.5 Å². The van der Waals surface area contributed by atoms with Crippen molar-refractivity contribution in [2.75, 3.05) is 26.2 Å². The number of nitrogens with zero attached hydrogens (tertiary/aromatic N) is 3. The molecule has 27 heavy (non-hydrogen) atoms. The lowest BCUT2D eigenvalue weighted by Crippen LogP contribution is -2.40. The summed E-state index contributed by atoms with van der Waals surface area (Å²) in [6.45, 7) is 2.64. The molecule has 1 unspecified atom stereocenters. The molecule has 8 heteroatoms. The second-order valence-corrected chi connectivity index (χ2v) is 6.38. The number of oxime groups is 1. The minimum Gasteiger partial charge on any atom is -0.457 e. The highest BCUT2D eigenvalue weighted by Gasteiger charge is 2.22. The van der Waals surface area contributed by atoms with Crippen LogP contribution >= 0.6 is 0 Å². The summed E-state index contributed by atoms with van der Waals surface area (Å²) in [5, 5.41) is 3.92. The Morgan fingerprint density at radius 2 is 2.15 bits per heavy atom. The number of nitrogens with two attached hydrogens (primary N) is 1. The zero-order valence-electron chi connectivity index (χ0n) is 15.1. The van der Waals surface area contributed by atoms with Crippen LogP contribution in [0.1, 0.15) is 35.4 Å². The molecule has 8 nitrogen and oxygen atoms in total. The molecule has 1 atom stereocenters. The van der Waals surface area contributed by atoms with E-state index in [2.05, 4.69) is 15.0 Å². The Morgan fingerprint density at radius 1 is 1.30 bits per heavy atom. The molecule has 0 spiro atoms. The molecule has 2 aromatic rings. The SMILES string of the molecule is NC(=NOCC(CN1CCCCC1)OC(=O)c1ccco1)c1cccnc1. The van der Waals surface area contributed by atoms with E-state index in [1.807, 2.05) is 0 Å². The molecule has 3 heterocycles. The molecule has 0 bridgehead atoms. The van der Waals surface area contributed by atoms with Gasteiger partial charge in [-0.1, -0.05) is 11.6 Å². The maximum Gasteiger partial charge on any atom is 0.374 e. The van der Waals surface area contributed by atoms with Crippen LogP contribution in [0.25, 0.3) is 0 Å². The van der Waals surface area contributed by atoms with Crippen molar-refractivity contribution in [3.05, 3.63) is 54.2 Å². The third-order valence-electron chi connectivity index (χ3n) is 4.29. The first-order valence-electron chi connectivity index (χ1n) is 9.05. The van der Waals surface area contributed by atoms with Gasteiger partial charge in [-0.25, -0.2) is 4.79 Å². The first-order valence-corrected chi connectivity index (χ1v) is 9.05. The predicted molar refractivity (Wildman–Crippen MR) is 99.1 cm³/mol. The Kier molecular flexibility index (Phi) is 6.81. The fourth-order valence-corrected chi connectivity index (χ4v) is 2.92. The molecule has 2 N–H and O–H groups in total. The first kappa shape index (κ1) is 18.9. The number of aromatic nitrogens is 1. The lowest BCUT2D eigenvalue weighted by atomic mass is 10.1. The highest BCUT2D eigenvalue weighted by atomic mass is 16.6. The molecule has 0 aromatic carbocycles. The van der Waals surface area contributed by atoms with Crippen molar-refractivity contribution in [3.63, 3.8) is 0 Å². The van der Waals surface area contributed by atoms with Crippen molar-refractivity contribution in [1.82, 2.24) is 9.88 Å². The van der Waals surface area contributed by atoms with Gasteiger partial charge in [-0.05, 0) is 50.2 Å². The van der Waals surface area contributed by atoms with Crippen molar-refractivity contribution in [2.45, 2.75) is 25.4 Å². The molecule has 144 valence electrons. The van der Waals surface area contributed by atoms with E-state index < -0.39 is 12.1 Å².